The predicted molar refractivity (Wildman–Crippen MR) is 67.2 cm³/mol. The third-order valence-corrected chi connectivity index (χ3v) is 2.79. The first-order valence-corrected chi connectivity index (χ1v) is 5.96. The Hall–Kier alpha value is -0.830. The standard InChI is InChI=1S/C12H16BrNO/c1-4-9-6-11(13)7-10(5-2)12(9)14-8(3)15/h6-7H,4-5H2,1-3H3,(H,14,15). The highest BCUT2D eigenvalue weighted by molar-refractivity contribution is 9.10. The van der Waals surface area contributed by atoms with Gasteiger partial charge in [-0.05, 0) is 36.1 Å². The average Bonchev–Trinajstić information content (AvgIpc) is 2.19. The highest BCUT2D eigenvalue weighted by Gasteiger charge is 2.09. The molecule has 0 atom stereocenters. The Morgan fingerprint density at radius 1 is 1.27 bits per heavy atom. The first-order valence-electron chi connectivity index (χ1n) is 5.17. The van der Waals surface area contributed by atoms with E-state index in [9.17, 15) is 4.79 Å². The zero-order chi connectivity index (χ0) is 11.4. The normalized spacial score (nSPS) is 10.1. The number of hydrogen-bond acceptors (Lipinski definition) is 1. The number of carbonyl (C=O) groups excluding carboxylic acids is 1. The zero-order valence-electron chi connectivity index (χ0n) is 9.36. The fourth-order valence-electron chi connectivity index (χ4n) is 1.62. The fourth-order valence-corrected chi connectivity index (χ4v) is 2.17. The van der Waals surface area contributed by atoms with Gasteiger partial charge in [0.15, 0.2) is 0 Å². The second-order valence-corrected chi connectivity index (χ2v) is 4.40. The van der Waals surface area contributed by atoms with Crippen LogP contribution in [0, 0.1) is 0 Å². The molecule has 0 heterocycles. The summed E-state index contributed by atoms with van der Waals surface area (Å²) >= 11 is 3.48. The van der Waals surface area contributed by atoms with Crippen molar-refractivity contribution in [1.29, 1.82) is 0 Å². The molecule has 1 rings (SSSR count). The minimum absolute atomic E-state index is 0.0123. The molecular formula is C12H16BrNO. The van der Waals surface area contributed by atoms with Crippen LogP contribution >= 0.6 is 15.9 Å². The molecule has 0 spiro atoms. The number of nitrogens with one attached hydrogen (secondary N) is 1. The summed E-state index contributed by atoms with van der Waals surface area (Å²) in [6.07, 6.45) is 1.84. The molecule has 0 saturated carbocycles. The zero-order valence-corrected chi connectivity index (χ0v) is 10.9. The molecule has 82 valence electrons. The van der Waals surface area contributed by atoms with Gasteiger partial charge in [-0.15, -0.1) is 0 Å². The van der Waals surface area contributed by atoms with Crippen molar-refractivity contribution in [1.82, 2.24) is 0 Å². The summed E-state index contributed by atoms with van der Waals surface area (Å²) in [5.41, 5.74) is 3.34. The number of carbonyl (C=O) groups is 1. The molecule has 3 heteroatoms. The summed E-state index contributed by atoms with van der Waals surface area (Å²) in [6.45, 7) is 5.72. The number of hydrogen-bond donors (Lipinski definition) is 1. The summed E-state index contributed by atoms with van der Waals surface area (Å²) in [6, 6.07) is 4.12. The second kappa shape index (κ2) is 5.31. The van der Waals surface area contributed by atoms with E-state index in [1.54, 1.807) is 6.92 Å². The minimum atomic E-state index is -0.0123. The van der Waals surface area contributed by atoms with Gasteiger partial charge in [-0.3, -0.25) is 4.79 Å². The van der Waals surface area contributed by atoms with Crippen molar-refractivity contribution in [3.8, 4) is 0 Å². The molecule has 0 aliphatic carbocycles. The molecule has 1 aromatic rings. The predicted octanol–water partition coefficient (Wildman–Crippen LogP) is 3.53. The van der Waals surface area contributed by atoms with Crippen molar-refractivity contribution < 1.29 is 4.79 Å². The van der Waals surface area contributed by atoms with Gasteiger partial charge in [-0.1, -0.05) is 29.8 Å². The van der Waals surface area contributed by atoms with Crippen LogP contribution in [0.15, 0.2) is 16.6 Å². The van der Waals surface area contributed by atoms with E-state index < -0.39 is 0 Å². The maximum atomic E-state index is 11.1. The Morgan fingerprint density at radius 3 is 2.07 bits per heavy atom. The molecule has 0 unspecified atom stereocenters. The third-order valence-electron chi connectivity index (χ3n) is 2.33. The number of amides is 1. The number of halogens is 1. The lowest BCUT2D eigenvalue weighted by molar-refractivity contribution is -0.114. The van der Waals surface area contributed by atoms with Crippen molar-refractivity contribution in [2.45, 2.75) is 33.6 Å². The fraction of sp³-hybridized carbons (Fsp3) is 0.417. The topological polar surface area (TPSA) is 29.1 Å². The lowest BCUT2D eigenvalue weighted by atomic mass is 10.0. The summed E-state index contributed by atoms with van der Waals surface area (Å²) < 4.78 is 1.07. The van der Waals surface area contributed by atoms with E-state index in [0.29, 0.717) is 0 Å². The van der Waals surface area contributed by atoms with Crippen LogP contribution in [0.3, 0.4) is 0 Å². The van der Waals surface area contributed by atoms with Gasteiger partial charge in [0, 0.05) is 17.1 Å². The van der Waals surface area contributed by atoms with Gasteiger partial charge in [-0.2, -0.15) is 0 Å². The van der Waals surface area contributed by atoms with Crippen LogP contribution in [0.1, 0.15) is 31.9 Å². The second-order valence-electron chi connectivity index (χ2n) is 3.49. The number of anilines is 1. The molecule has 0 fully saturated rings. The van der Waals surface area contributed by atoms with Gasteiger partial charge >= 0.3 is 0 Å². The van der Waals surface area contributed by atoms with Gasteiger partial charge in [-0.25, -0.2) is 0 Å². The maximum absolute atomic E-state index is 11.1. The van der Waals surface area contributed by atoms with E-state index in [2.05, 4.69) is 47.2 Å². The highest BCUT2D eigenvalue weighted by atomic mass is 79.9. The Bertz CT molecular complexity index is 349. The van der Waals surface area contributed by atoms with Crippen LogP contribution in [-0.2, 0) is 17.6 Å². The van der Waals surface area contributed by atoms with Crippen molar-refractivity contribution in [3.63, 3.8) is 0 Å². The van der Waals surface area contributed by atoms with Crippen LogP contribution < -0.4 is 5.32 Å². The van der Waals surface area contributed by atoms with Gasteiger partial charge in [0.05, 0.1) is 0 Å². The molecule has 15 heavy (non-hydrogen) atoms. The summed E-state index contributed by atoms with van der Waals surface area (Å²) in [5, 5.41) is 2.91. The lowest BCUT2D eigenvalue weighted by Crippen LogP contribution is -2.10. The molecule has 0 aliphatic rings. The number of benzene rings is 1. The van der Waals surface area contributed by atoms with E-state index in [4.69, 9.17) is 0 Å². The smallest absolute Gasteiger partial charge is 0.221 e. The van der Waals surface area contributed by atoms with Crippen molar-refractivity contribution in [3.05, 3.63) is 27.7 Å². The molecule has 1 N–H and O–H groups in total. The van der Waals surface area contributed by atoms with E-state index in [1.807, 2.05) is 0 Å². The average molecular weight is 270 g/mol. The van der Waals surface area contributed by atoms with E-state index in [-0.39, 0.29) is 5.91 Å². The van der Waals surface area contributed by atoms with Crippen LogP contribution in [0.25, 0.3) is 0 Å². The molecule has 0 bridgehead atoms. The van der Waals surface area contributed by atoms with Crippen LogP contribution in [0.5, 0.6) is 0 Å². The molecule has 0 aromatic heterocycles. The number of aryl methyl sites for hydroxylation is 2. The third kappa shape index (κ3) is 3.06. The van der Waals surface area contributed by atoms with Crippen LogP contribution in [-0.4, -0.2) is 5.91 Å². The lowest BCUT2D eigenvalue weighted by Gasteiger charge is -2.14. The van der Waals surface area contributed by atoms with Crippen molar-refractivity contribution in [2.24, 2.45) is 0 Å². The van der Waals surface area contributed by atoms with Crippen molar-refractivity contribution in [2.75, 3.05) is 5.32 Å². The molecule has 1 amide bonds. The van der Waals surface area contributed by atoms with E-state index in [0.717, 1.165) is 23.0 Å². The molecule has 0 aliphatic heterocycles. The van der Waals surface area contributed by atoms with Crippen LogP contribution in [0.4, 0.5) is 5.69 Å². The van der Waals surface area contributed by atoms with Gasteiger partial charge < -0.3 is 5.32 Å². The van der Waals surface area contributed by atoms with Crippen LogP contribution in [0.2, 0.25) is 0 Å². The molecule has 0 radical (unpaired) electrons. The first kappa shape index (κ1) is 12.2. The largest absolute Gasteiger partial charge is 0.326 e. The Balaban J connectivity index is 3.23. The van der Waals surface area contributed by atoms with Gasteiger partial charge in [0.1, 0.15) is 0 Å². The Morgan fingerprint density at radius 2 is 1.73 bits per heavy atom. The maximum Gasteiger partial charge on any atom is 0.221 e. The SMILES string of the molecule is CCc1cc(Br)cc(CC)c1NC(C)=O. The molecule has 0 saturated heterocycles. The monoisotopic (exact) mass is 269 g/mol. The minimum Gasteiger partial charge on any atom is -0.326 e. The molecule has 1 aromatic carbocycles. The van der Waals surface area contributed by atoms with Gasteiger partial charge in [0.25, 0.3) is 0 Å². The van der Waals surface area contributed by atoms with E-state index >= 15 is 0 Å². The first-order chi connectivity index (χ1) is 7.08. The summed E-state index contributed by atoms with van der Waals surface area (Å²) in [4.78, 5) is 11.1. The summed E-state index contributed by atoms with van der Waals surface area (Å²) in [7, 11) is 0. The molecule has 2 nitrogen and oxygen atoms in total. The Labute approximate surface area is 99.2 Å². The van der Waals surface area contributed by atoms with Crippen molar-refractivity contribution >= 4 is 27.5 Å². The Kier molecular flexibility index (Phi) is 4.33. The molecular weight excluding hydrogens is 254 g/mol. The summed E-state index contributed by atoms with van der Waals surface area (Å²) in [5.74, 6) is -0.0123. The van der Waals surface area contributed by atoms with Gasteiger partial charge in [0.2, 0.25) is 5.91 Å². The highest BCUT2D eigenvalue weighted by Crippen LogP contribution is 2.27. The van der Waals surface area contributed by atoms with E-state index in [1.165, 1.54) is 11.1 Å². The number of rotatable bonds is 3. The quantitative estimate of drug-likeness (QED) is 0.894.